The summed E-state index contributed by atoms with van der Waals surface area (Å²) in [6.07, 6.45) is 0.893. The van der Waals surface area contributed by atoms with Crippen molar-refractivity contribution in [1.29, 1.82) is 0 Å². The molecule has 0 amide bonds. The van der Waals surface area contributed by atoms with E-state index >= 15 is 0 Å². The predicted octanol–water partition coefficient (Wildman–Crippen LogP) is 1.54. The first-order chi connectivity index (χ1) is 10.1. The Bertz CT molecular complexity index is 568. The Labute approximate surface area is 131 Å². The molecule has 21 heavy (non-hydrogen) atoms. The first-order valence-corrected chi connectivity index (χ1v) is 9.58. The fourth-order valence-electron chi connectivity index (χ4n) is 2.34. The highest BCUT2D eigenvalue weighted by Crippen LogP contribution is 2.29. The van der Waals surface area contributed by atoms with Crippen molar-refractivity contribution in [3.63, 3.8) is 0 Å². The SMILES string of the molecule is CNCc1ccc(S(=O)(=O)N2CCCSCC2)c(OC)c1. The molecule has 5 nitrogen and oxygen atoms in total. The molecule has 118 valence electrons. The summed E-state index contributed by atoms with van der Waals surface area (Å²) >= 11 is 1.80. The van der Waals surface area contributed by atoms with E-state index < -0.39 is 10.0 Å². The van der Waals surface area contributed by atoms with E-state index in [-0.39, 0.29) is 4.90 Å². The highest BCUT2D eigenvalue weighted by molar-refractivity contribution is 7.99. The summed E-state index contributed by atoms with van der Waals surface area (Å²) < 4.78 is 32.5. The molecule has 0 saturated carbocycles. The van der Waals surface area contributed by atoms with Crippen LogP contribution in [0, 0.1) is 0 Å². The molecule has 1 N–H and O–H groups in total. The molecule has 0 spiro atoms. The van der Waals surface area contributed by atoms with Gasteiger partial charge in [0.15, 0.2) is 0 Å². The van der Waals surface area contributed by atoms with E-state index in [2.05, 4.69) is 5.32 Å². The van der Waals surface area contributed by atoms with Gasteiger partial charge in [0, 0.05) is 25.4 Å². The van der Waals surface area contributed by atoms with Gasteiger partial charge < -0.3 is 10.1 Å². The number of thioether (sulfide) groups is 1. The Balaban J connectivity index is 2.34. The van der Waals surface area contributed by atoms with Gasteiger partial charge in [-0.2, -0.15) is 16.1 Å². The average molecular weight is 330 g/mol. The molecule has 2 rings (SSSR count). The molecular formula is C14H22N2O3S2. The fourth-order valence-corrected chi connectivity index (χ4v) is 4.96. The minimum absolute atomic E-state index is 0.261. The van der Waals surface area contributed by atoms with E-state index in [1.165, 1.54) is 7.11 Å². The highest BCUT2D eigenvalue weighted by atomic mass is 32.2. The first kappa shape index (κ1) is 16.6. The number of hydrogen-bond donors (Lipinski definition) is 1. The van der Waals surface area contributed by atoms with Gasteiger partial charge in [0.25, 0.3) is 0 Å². The molecule has 0 radical (unpaired) electrons. The molecule has 0 unspecified atom stereocenters. The van der Waals surface area contributed by atoms with Crippen LogP contribution in [0.2, 0.25) is 0 Å². The lowest BCUT2D eigenvalue weighted by Crippen LogP contribution is -2.33. The summed E-state index contributed by atoms with van der Waals surface area (Å²) in [7, 11) is -0.122. The molecular weight excluding hydrogens is 308 g/mol. The van der Waals surface area contributed by atoms with Crippen LogP contribution in [-0.4, -0.2) is 51.5 Å². The summed E-state index contributed by atoms with van der Waals surface area (Å²) in [5.74, 6) is 2.28. The minimum atomic E-state index is -3.49. The Hall–Kier alpha value is -0.760. The van der Waals surface area contributed by atoms with E-state index in [4.69, 9.17) is 4.74 Å². The number of sulfonamides is 1. The van der Waals surface area contributed by atoms with E-state index in [1.807, 2.05) is 13.1 Å². The fraction of sp³-hybridized carbons (Fsp3) is 0.571. The van der Waals surface area contributed by atoms with E-state index in [1.54, 1.807) is 28.2 Å². The molecule has 0 atom stereocenters. The third kappa shape index (κ3) is 3.91. The molecule has 1 aromatic rings. The zero-order chi connectivity index (χ0) is 15.3. The van der Waals surface area contributed by atoms with Crippen LogP contribution in [0.4, 0.5) is 0 Å². The van der Waals surface area contributed by atoms with Crippen LogP contribution in [0.3, 0.4) is 0 Å². The van der Waals surface area contributed by atoms with Crippen LogP contribution < -0.4 is 10.1 Å². The van der Waals surface area contributed by atoms with Gasteiger partial charge in [-0.25, -0.2) is 8.42 Å². The predicted molar refractivity (Wildman–Crippen MR) is 86.5 cm³/mol. The van der Waals surface area contributed by atoms with Crippen molar-refractivity contribution in [2.24, 2.45) is 0 Å². The highest BCUT2D eigenvalue weighted by Gasteiger charge is 2.28. The van der Waals surface area contributed by atoms with Crippen molar-refractivity contribution < 1.29 is 13.2 Å². The summed E-state index contributed by atoms with van der Waals surface area (Å²) in [5, 5.41) is 3.05. The largest absolute Gasteiger partial charge is 0.495 e. The molecule has 1 aliphatic rings. The molecule has 1 aromatic carbocycles. The van der Waals surface area contributed by atoms with E-state index in [0.717, 1.165) is 23.5 Å². The Morgan fingerprint density at radius 3 is 2.86 bits per heavy atom. The quantitative estimate of drug-likeness (QED) is 0.887. The topological polar surface area (TPSA) is 58.6 Å². The van der Waals surface area contributed by atoms with Gasteiger partial charge in [-0.3, -0.25) is 0 Å². The molecule has 7 heteroatoms. The smallest absolute Gasteiger partial charge is 0.246 e. The molecule has 1 saturated heterocycles. The van der Waals surface area contributed by atoms with E-state index in [9.17, 15) is 8.42 Å². The van der Waals surface area contributed by atoms with Crippen molar-refractivity contribution in [2.45, 2.75) is 17.9 Å². The van der Waals surface area contributed by atoms with Crippen LogP contribution in [-0.2, 0) is 16.6 Å². The zero-order valence-electron chi connectivity index (χ0n) is 12.5. The number of hydrogen-bond acceptors (Lipinski definition) is 5. The number of nitrogens with one attached hydrogen (secondary N) is 1. The molecule has 1 aliphatic heterocycles. The number of nitrogens with zero attached hydrogens (tertiary/aromatic N) is 1. The maximum Gasteiger partial charge on any atom is 0.246 e. The Morgan fingerprint density at radius 2 is 2.14 bits per heavy atom. The van der Waals surface area contributed by atoms with Crippen molar-refractivity contribution in [3.8, 4) is 5.75 Å². The van der Waals surface area contributed by atoms with Gasteiger partial charge in [-0.05, 0) is 36.9 Å². The van der Waals surface area contributed by atoms with Crippen LogP contribution in [0.1, 0.15) is 12.0 Å². The third-order valence-corrected chi connectivity index (χ3v) is 6.39. The Kier molecular flexibility index (Phi) is 5.92. The third-order valence-electron chi connectivity index (χ3n) is 3.41. The molecule has 1 fully saturated rings. The van der Waals surface area contributed by atoms with Gasteiger partial charge in [0.2, 0.25) is 10.0 Å². The van der Waals surface area contributed by atoms with Crippen molar-refractivity contribution in [1.82, 2.24) is 9.62 Å². The minimum Gasteiger partial charge on any atom is -0.495 e. The first-order valence-electron chi connectivity index (χ1n) is 6.99. The van der Waals surface area contributed by atoms with Crippen LogP contribution in [0.5, 0.6) is 5.75 Å². The molecule has 0 aliphatic carbocycles. The average Bonchev–Trinajstić information content (AvgIpc) is 2.77. The van der Waals surface area contributed by atoms with Crippen LogP contribution >= 0.6 is 11.8 Å². The summed E-state index contributed by atoms with van der Waals surface area (Å²) in [6.45, 7) is 1.82. The van der Waals surface area contributed by atoms with E-state index in [0.29, 0.717) is 25.4 Å². The Morgan fingerprint density at radius 1 is 1.33 bits per heavy atom. The lowest BCUT2D eigenvalue weighted by Gasteiger charge is -2.21. The zero-order valence-corrected chi connectivity index (χ0v) is 14.1. The maximum absolute atomic E-state index is 12.8. The second-order valence-corrected chi connectivity index (χ2v) is 8.02. The summed E-state index contributed by atoms with van der Waals surface area (Å²) in [5.41, 5.74) is 1.000. The van der Waals surface area contributed by atoms with Gasteiger partial charge in [0.1, 0.15) is 10.6 Å². The van der Waals surface area contributed by atoms with Gasteiger partial charge in [0.05, 0.1) is 7.11 Å². The second-order valence-electron chi connectivity index (χ2n) is 4.89. The normalized spacial score (nSPS) is 17.4. The van der Waals surface area contributed by atoms with Gasteiger partial charge in [-0.1, -0.05) is 6.07 Å². The number of benzene rings is 1. The summed E-state index contributed by atoms with van der Waals surface area (Å²) in [6, 6.07) is 5.27. The van der Waals surface area contributed by atoms with Crippen LogP contribution in [0.25, 0.3) is 0 Å². The molecule has 1 heterocycles. The van der Waals surface area contributed by atoms with Crippen molar-refractivity contribution >= 4 is 21.8 Å². The molecule has 0 aromatic heterocycles. The lowest BCUT2D eigenvalue weighted by atomic mass is 10.2. The monoisotopic (exact) mass is 330 g/mol. The van der Waals surface area contributed by atoms with Crippen molar-refractivity contribution in [2.75, 3.05) is 38.8 Å². The van der Waals surface area contributed by atoms with Gasteiger partial charge in [-0.15, -0.1) is 0 Å². The second kappa shape index (κ2) is 7.49. The maximum atomic E-state index is 12.8. The number of methoxy groups -OCH3 is 1. The number of ether oxygens (including phenoxy) is 1. The molecule has 0 bridgehead atoms. The number of rotatable bonds is 5. The van der Waals surface area contributed by atoms with Crippen LogP contribution in [0.15, 0.2) is 23.1 Å². The summed E-state index contributed by atoms with van der Waals surface area (Å²) in [4.78, 5) is 0.261. The van der Waals surface area contributed by atoms with Gasteiger partial charge >= 0.3 is 0 Å². The lowest BCUT2D eigenvalue weighted by molar-refractivity contribution is 0.393. The van der Waals surface area contributed by atoms with Crippen molar-refractivity contribution in [3.05, 3.63) is 23.8 Å². The standard InChI is InChI=1S/C14H22N2O3S2/c1-15-11-12-4-5-14(13(10-12)19-2)21(17,18)16-6-3-8-20-9-7-16/h4-5,10,15H,3,6-9,11H2,1-2H3.